The molecule has 202 valence electrons. The first-order chi connectivity index (χ1) is 18.3. The van der Waals surface area contributed by atoms with E-state index in [1.54, 1.807) is 6.07 Å². The number of hydrogen-bond donors (Lipinski definition) is 2. The molecule has 4 aliphatic heterocycles. The van der Waals surface area contributed by atoms with Crippen molar-refractivity contribution >= 4 is 38.5 Å². The fourth-order valence-corrected chi connectivity index (χ4v) is 7.69. The Kier molecular flexibility index (Phi) is 5.62. The second kappa shape index (κ2) is 8.94. The zero-order valence-electron chi connectivity index (χ0n) is 20.9. The molecule has 6 heterocycles. The molecule has 0 aliphatic carbocycles. The highest BCUT2D eigenvalue weighted by Crippen LogP contribution is 2.37. The van der Waals surface area contributed by atoms with Crippen LogP contribution in [0.5, 0.6) is 6.01 Å². The Morgan fingerprint density at radius 1 is 1.05 bits per heavy atom. The summed E-state index contributed by atoms with van der Waals surface area (Å²) in [5.41, 5.74) is 8.81. The van der Waals surface area contributed by atoms with E-state index in [1.165, 1.54) is 6.07 Å². The monoisotopic (exact) mass is 543 g/mol. The molecular formula is C25H30FN7O4S. The topological polar surface area (TPSA) is 140 Å². The van der Waals surface area contributed by atoms with Crippen molar-refractivity contribution in [3.63, 3.8) is 0 Å². The maximum absolute atomic E-state index is 14.4. The number of benzene rings is 1. The molecule has 0 saturated carbocycles. The van der Waals surface area contributed by atoms with Gasteiger partial charge in [-0.3, -0.25) is 0 Å². The number of nitrogens with one attached hydrogen (secondary N) is 1. The van der Waals surface area contributed by atoms with Gasteiger partial charge in [0, 0.05) is 37.3 Å². The van der Waals surface area contributed by atoms with E-state index >= 15 is 0 Å². The second-order valence-corrected chi connectivity index (χ2v) is 13.0. The number of hydrogen-bond acceptors (Lipinski definition) is 11. The zero-order chi connectivity index (χ0) is 26.0. The van der Waals surface area contributed by atoms with Gasteiger partial charge < -0.3 is 30.0 Å². The van der Waals surface area contributed by atoms with Gasteiger partial charge in [-0.05, 0) is 44.2 Å². The van der Waals surface area contributed by atoms with Gasteiger partial charge in [0.05, 0.1) is 29.4 Å². The number of nitrogens with zero attached hydrogens (tertiary/aromatic N) is 5. The molecule has 2 bridgehead atoms. The Hall–Kier alpha value is -3.19. The number of oxazole rings is 1. The van der Waals surface area contributed by atoms with Gasteiger partial charge in [-0.2, -0.15) is 15.0 Å². The van der Waals surface area contributed by atoms with E-state index in [1.807, 2.05) is 0 Å². The van der Waals surface area contributed by atoms with Crippen LogP contribution in [0.2, 0.25) is 0 Å². The number of aromatic nitrogens is 3. The summed E-state index contributed by atoms with van der Waals surface area (Å²) in [5, 5.41) is 3.67. The third-order valence-corrected chi connectivity index (χ3v) is 9.86. The summed E-state index contributed by atoms with van der Waals surface area (Å²) in [6.45, 7) is 2.88. The highest BCUT2D eigenvalue weighted by molar-refractivity contribution is 7.91. The molecular weight excluding hydrogens is 513 g/mol. The van der Waals surface area contributed by atoms with Gasteiger partial charge in [-0.15, -0.1) is 0 Å². The first kappa shape index (κ1) is 23.9. The fourth-order valence-electron chi connectivity index (χ4n) is 6.24. The summed E-state index contributed by atoms with van der Waals surface area (Å²) in [6, 6.07) is 4.15. The average Bonchev–Trinajstić information content (AvgIpc) is 3.46. The molecule has 13 heteroatoms. The van der Waals surface area contributed by atoms with Crippen LogP contribution in [0.15, 0.2) is 16.5 Å². The first-order valence-electron chi connectivity index (χ1n) is 13.2. The Labute approximate surface area is 219 Å². The minimum Gasteiger partial charge on any atom is -0.460 e. The molecule has 3 aromatic rings. The van der Waals surface area contributed by atoms with Gasteiger partial charge in [-0.1, -0.05) is 0 Å². The minimum atomic E-state index is -3.00. The Morgan fingerprint density at radius 2 is 1.82 bits per heavy atom. The number of anilines is 3. The molecule has 0 radical (unpaired) electrons. The van der Waals surface area contributed by atoms with Gasteiger partial charge in [0.25, 0.3) is 6.01 Å². The number of nitrogens with two attached hydrogens (primary N) is 1. The van der Waals surface area contributed by atoms with Crippen molar-refractivity contribution in [2.24, 2.45) is 0 Å². The maximum atomic E-state index is 14.4. The smallest absolute Gasteiger partial charge is 0.318 e. The highest BCUT2D eigenvalue weighted by Gasteiger charge is 2.36. The van der Waals surface area contributed by atoms with Crippen LogP contribution in [0.4, 0.5) is 21.9 Å². The Balaban J connectivity index is 1.23. The molecule has 0 amide bonds. The molecule has 3 saturated heterocycles. The number of fused-ring (bicyclic) bond motifs is 4. The lowest BCUT2D eigenvalue weighted by Crippen LogP contribution is -2.52. The van der Waals surface area contributed by atoms with Crippen LogP contribution < -0.4 is 25.6 Å². The standard InChI is InChI=1S/C25H30FN7O4S/c26-18-3-4-20(22-21(18)30-24(27)37-22)32-8-5-17-19(13-32)29-25(36-16-6-9-38(34,35)10-7-16)31-23(17)33-11-14-1-2-15(12-33)28-14/h3-4,14-16,28H,1-2,5-13H2,(H2,27,30). The molecule has 0 spiro atoms. The van der Waals surface area contributed by atoms with E-state index in [-0.39, 0.29) is 35.2 Å². The number of nitrogen functional groups attached to an aromatic ring is 1. The molecule has 2 unspecified atom stereocenters. The molecule has 3 N–H and O–H groups in total. The number of ether oxygens (including phenoxy) is 1. The summed E-state index contributed by atoms with van der Waals surface area (Å²) in [5.74, 6) is 0.653. The van der Waals surface area contributed by atoms with Gasteiger partial charge in [0.2, 0.25) is 0 Å². The second-order valence-electron chi connectivity index (χ2n) is 10.7. The molecule has 1 aromatic carbocycles. The minimum absolute atomic E-state index is 0.0770. The number of rotatable bonds is 4. The summed E-state index contributed by atoms with van der Waals surface area (Å²) >= 11 is 0. The van der Waals surface area contributed by atoms with E-state index in [0.717, 1.165) is 43.0 Å². The van der Waals surface area contributed by atoms with Crippen molar-refractivity contribution in [1.29, 1.82) is 0 Å². The van der Waals surface area contributed by atoms with Crippen LogP contribution in [-0.4, -0.2) is 72.7 Å². The summed E-state index contributed by atoms with van der Waals surface area (Å²) in [7, 11) is -3.00. The predicted molar refractivity (Wildman–Crippen MR) is 140 cm³/mol. The van der Waals surface area contributed by atoms with Crippen LogP contribution in [0.1, 0.15) is 36.9 Å². The van der Waals surface area contributed by atoms with E-state index < -0.39 is 15.7 Å². The summed E-state index contributed by atoms with van der Waals surface area (Å²) in [4.78, 5) is 18.2. The Bertz CT molecular complexity index is 1490. The molecule has 2 aromatic heterocycles. The summed E-state index contributed by atoms with van der Waals surface area (Å²) < 4.78 is 49.9. The highest BCUT2D eigenvalue weighted by atomic mass is 32.2. The lowest BCUT2D eigenvalue weighted by Gasteiger charge is -2.37. The van der Waals surface area contributed by atoms with E-state index in [2.05, 4.69) is 20.1 Å². The van der Waals surface area contributed by atoms with Gasteiger partial charge in [-0.25, -0.2) is 12.8 Å². The van der Waals surface area contributed by atoms with Crippen LogP contribution in [0.3, 0.4) is 0 Å². The number of halogens is 1. The number of piperazine rings is 1. The lowest BCUT2D eigenvalue weighted by atomic mass is 10.0. The third-order valence-electron chi connectivity index (χ3n) is 8.14. The van der Waals surface area contributed by atoms with Crippen molar-refractivity contribution in [2.45, 2.75) is 56.8 Å². The van der Waals surface area contributed by atoms with Crippen LogP contribution in [0, 0.1) is 5.82 Å². The first-order valence-corrected chi connectivity index (χ1v) is 15.0. The lowest BCUT2D eigenvalue weighted by molar-refractivity contribution is 0.173. The average molecular weight is 544 g/mol. The van der Waals surface area contributed by atoms with Crippen LogP contribution >= 0.6 is 0 Å². The largest absolute Gasteiger partial charge is 0.460 e. The van der Waals surface area contributed by atoms with Crippen LogP contribution in [0.25, 0.3) is 11.1 Å². The molecule has 3 fully saturated rings. The molecule has 2 atom stereocenters. The maximum Gasteiger partial charge on any atom is 0.318 e. The normalized spacial score (nSPS) is 25.1. The van der Waals surface area contributed by atoms with Crippen molar-refractivity contribution < 1.29 is 22.0 Å². The van der Waals surface area contributed by atoms with Crippen molar-refractivity contribution in [1.82, 2.24) is 20.3 Å². The van der Waals surface area contributed by atoms with Gasteiger partial charge >= 0.3 is 6.01 Å². The number of sulfone groups is 1. The summed E-state index contributed by atoms with van der Waals surface area (Å²) in [6.07, 6.45) is 3.64. The zero-order valence-corrected chi connectivity index (χ0v) is 21.7. The molecule has 38 heavy (non-hydrogen) atoms. The van der Waals surface area contributed by atoms with Gasteiger partial charge in [0.15, 0.2) is 21.2 Å². The SMILES string of the molecule is Nc1nc2c(F)ccc(N3CCc4c(nc(OC5CCS(=O)(=O)CC5)nc4N4CC5CCC(C4)N5)C3)c2o1. The van der Waals surface area contributed by atoms with E-state index in [0.29, 0.717) is 55.7 Å². The molecule has 4 aliphatic rings. The fraction of sp³-hybridized carbons (Fsp3) is 0.560. The van der Waals surface area contributed by atoms with Crippen molar-refractivity contribution in [2.75, 3.05) is 46.7 Å². The third kappa shape index (κ3) is 4.31. The van der Waals surface area contributed by atoms with Gasteiger partial charge in [0.1, 0.15) is 17.4 Å². The van der Waals surface area contributed by atoms with Crippen molar-refractivity contribution in [3.8, 4) is 6.01 Å². The van der Waals surface area contributed by atoms with E-state index in [4.69, 9.17) is 24.9 Å². The molecule has 7 rings (SSSR count). The van der Waals surface area contributed by atoms with Crippen LogP contribution in [-0.2, 0) is 22.8 Å². The van der Waals surface area contributed by atoms with E-state index in [9.17, 15) is 12.8 Å². The Morgan fingerprint density at radius 3 is 2.58 bits per heavy atom. The van der Waals surface area contributed by atoms with Crippen molar-refractivity contribution in [3.05, 3.63) is 29.2 Å². The quantitative estimate of drug-likeness (QED) is 0.498. The predicted octanol–water partition coefficient (Wildman–Crippen LogP) is 1.80. The molecule has 11 nitrogen and oxygen atoms in total.